The van der Waals surface area contributed by atoms with E-state index >= 15 is 0 Å². The van der Waals surface area contributed by atoms with Crippen molar-refractivity contribution in [2.24, 2.45) is 0 Å². The van der Waals surface area contributed by atoms with Crippen LogP contribution in [0.25, 0.3) is 0 Å². The largest absolute Gasteiger partial charge is 0.481 e. The lowest BCUT2D eigenvalue weighted by Crippen LogP contribution is -2.37. The molecule has 3 nitrogen and oxygen atoms in total. The number of aryl methyl sites for hydroxylation is 1. The van der Waals surface area contributed by atoms with Crippen LogP contribution >= 0.6 is 11.8 Å². The molecule has 0 radical (unpaired) electrons. The van der Waals surface area contributed by atoms with Gasteiger partial charge in [0.05, 0.1) is 0 Å². The molecular formula is C20H24FNO2S. The molecule has 5 heteroatoms. The first-order valence-electron chi connectivity index (χ1n) is 8.30. The van der Waals surface area contributed by atoms with Crippen LogP contribution in [-0.4, -0.2) is 24.3 Å². The smallest absolute Gasteiger partial charge is 0.260 e. The number of hydrogen-bond acceptors (Lipinski definition) is 3. The third-order valence-corrected chi connectivity index (χ3v) is 5.00. The SMILES string of the molecule is Cc1cccc(OC(C)C(=O)NCCSCc2ccccc2F)c1C. The summed E-state index contributed by atoms with van der Waals surface area (Å²) in [6, 6.07) is 12.6. The molecule has 1 atom stereocenters. The van der Waals surface area contributed by atoms with Crippen molar-refractivity contribution in [2.45, 2.75) is 32.6 Å². The van der Waals surface area contributed by atoms with Crippen LogP contribution in [0.15, 0.2) is 42.5 Å². The average Bonchev–Trinajstić information content (AvgIpc) is 2.60. The molecule has 0 saturated heterocycles. The van der Waals surface area contributed by atoms with E-state index in [-0.39, 0.29) is 11.7 Å². The van der Waals surface area contributed by atoms with E-state index in [1.54, 1.807) is 30.8 Å². The molecule has 1 N–H and O–H groups in total. The fourth-order valence-electron chi connectivity index (χ4n) is 2.28. The van der Waals surface area contributed by atoms with Gasteiger partial charge in [-0.15, -0.1) is 0 Å². The zero-order valence-electron chi connectivity index (χ0n) is 14.8. The van der Waals surface area contributed by atoms with Gasteiger partial charge >= 0.3 is 0 Å². The predicted molar refractivity (Wildman–Crippen MR) is 102 cm³/mol. The number of rotatable bonds is 8. The van der Waals surface area contributed by atoms with E-state index in [0.29, 0.717) is 17.9 Å². The highest BCUT2D eigenvalue weighted by atomic mass is 32.2. The normalized spacial score (nSPS) is 11.8. The lowest BCUT2D eigenvalue weighted by atomic mass is 10.1. The predicted octanol–water partition coefficient (Wildman–Crippen LogP) is 4.26. The van der Waals surface area contributed by atoms with Crippen molar-refractivity contribution >= 4 is 17.7 Å². The van der Waals surface area contributed by atoms with Crippen LogP contribution in [0, 0.1) is 19.7 Å². The zero-order valence-corrected chi connectivity index (χ0v) is 15.7. The number of benzene rings is 2. The fourth-order valence-corrected chi connectivity index (χ4v) is 3.13. The molecule has 0 heterocycles. The Morgan fingerprint density at radius 1 is 1.20 bits per heavy atom. The number of hydrogen-bond donors (Lipinski definition) is 1. The van der Waals surface area contributed by atoms with Gasteiger partial charge in [-0.25, -0.2) is 4.39 Å². The molecule has 0 aromatic heterocycles. The zero-order chi connectivity index (χ0) is 18.2. The van der Waals surface area contributed by atoms with Crippen molar-refractivity contribution in [1.29, 1.82) is 0 Å². The van der Waals surface area contributed by atoms with E-state index in [1.807, 2.05) is 38.1 Å². The van der Waals surface area contributed by atoms with E-state index in [2.05, 4.69) is 5.32 Å². The number of halogens is 1. The summed E-state index contributed by atoms with van der Waals surface area (Å²) in [4.78, 5) is 12.1. The highest BCUT2D eigenvalue weighted by Crippen LogP contribution is 2.21. The van der Waals surface area contributed by atoms with Gasteiger partial charge in [-0.3, -0.25) is 4.79 Å². The highest BCUT2D eigenvalue weighted by molar-refractivity contribution is 7.98. The van der Waals surface area contributed by atoms with Crippen molar-refractivity contribution in [1.82, 2.24) is 5.32 Å². The van der Waals surface area contributed by atoms with Gasteiger partial charge in [0.1, 0.15) is 11.6 Å². The summed E-state index contributed by atoms with van der Waals surface area (Å²) in [7, 11) is 0. The third-order valence-electron chi connectivity index (χ3n) is 3.99. The van der Waals surface area contributed by atoms with E-state index in [1.165, 1.54) is 6.07 Å². The van der Waals surface area contributed by atoms with Crippen LogP contribution in [0.1, 0.15) is 23.6 Å². The van der Waals surface area contributed by atoms with Crippen molar-refractivity contribution in [2.75, 3.05) is 12.3 Å². The molecule has 0 aliphatic carbocycles. The van der Waals surface area contributed by atoms with Crippen LogP contribution in [-0.2, 0) is 10.5 Å². The molecule has 0 spiro atoms. The Balaban J connectivity index is 1.71. The second kappa shape index (κ2) is 9.47. The third kappa shape index (κ3) is 5.78. The minimum absolute atomic E-state index is 0.146. The molecule has 0 fully saturated rings. The first-order chi connectivity index (χ1) is 12.0. The molecule has 0 aliphatic heterocycles. The average molecular weight is 361 g/mol. The summed E-state index contributed by atoms with van der Waals surface area (Å²) in [6.45, 7) is 6.26. The van der Waals surface area contributed by atoms with Gasteiger partial charge in [-0.1, -0.05) is 30.3 Å². The van der Waals surface area contributed by atoms with Gasteiger partial charge < -0.3 is 10.1 Å². The lowest BCUT2D eigenvalue weighted by molar-refractivity contribution is -0.127. The van der Waals surface area contributed by atoms with Gasteiger partial charge in [0, 0.05) is 18.1 Å². The van der Waals surface area contributed by atoms with Crippen molar-refractivity contribution in [3.8, 4) is 5.75 Å². The number of amides is 1. The van der Waals surface area contributed by atoms with Crippen molar-refractivity contribution in [3.63, 3.8) is 0 Å². The van der Waals surface area contributed by atoms with E-state index < -0.39 is 6.10 Å². The van der Waals surface area contributed by atoms with Crippen molar-refractivity contribution < 1.29 is 13.9 Å². The van der Waals surface area contributed by atoms with Gasteiger partial charge in [-0.05, 0) is 49.6 Å². The number of thioether (sulfide) groups is 1. The van der Waals surface area contributed by atoms with Crippen LogP contribution in [0.2, 0.25) is 0 Å². The van der Waals surface area contributed by atoms with Gasteiger partial charge in [0.2, 0.25) is 0 Å². The van der Waals surface area contributed by atoms with E-state index in [4.69, 9.17) is 4.74 Å². The molecule has 134 valence electrons. The first-order valence-corrected chi connectivity index (χ1v) is 9.46. The fraction of sp³-hybridized carbons (Fsp3) is 0.350. The molecule has 2 aromatic rings. The van der Waals surface area contributed by atoms with Crippen LogP contribution in [0.4, 0.5) is 4.39 Å². The highest BCUT2D eigenvalue weighted by Gasteiger charge is 2.15. The van der Waals surface area contributed by atoms with Gasteiger partial charge in [0.25, 0.3) is 5.91 Å². The summed E-state index contributed by atoms with van der Waals surface area (Å²) in [5.74, 6) is 1.71. The molecule has 1 amide bonds. The Morgan fingerprint density at radius 2 is 1.96 bits per heavy atom. The number of nitrogens with one attached hydrogen (secondary N) is 1. The Labute approximate surface area is 153 Å². The van der Waals surface area contributed by atoms with Gasteiger partial charge in [-0.2, -0.15) is 11.8 Å². The molecule has 1 unspecified atom stereocenters. The number of carbonyl (C=O) groups is 1. The summed E-state index contributed by atoms with van der Waals surface area (Å²) < 4.78 is 19.3. The molecule has 25 heavy (non-hydrogen) atoms. The molecule has 0 aliphatic rings. The second-order valence-corrected chi connectivity index (χ2v) is 7.00. The van der Waals surface area contributed by atoms with Crippen LogP contribution in [0.3, 0.4) is 0 Å². The topological polar surface area (TPSA) is 38.3 Å². The maximum atomic E-state index is 13.5. The minimum atomic E-state index is -0.558. The maximum Gasteiger partial charge on any atom is 0.260 e. The van der Waals surface area contributed by atoms with Gasteiger partial charge in [0.15, 0.2) is 6.10 Å². The molecule has 0 bridgehead atoms. The molecule has 2 aromatic carbocycles. The summed E-state index contributed by atoms with van der Waals surface area (Å²) in [5.41, 5.74) is 2.86. The van der Waals surface area contributed by atoms with Crippen molar-refractivity contribution in [3.05, 3.63) is 65.0 Å². The molecule has 0 saturated carbocycles. The Hall–Kier alpha value is -2.01. The summed E-state index contributed by atoms with van der Waals surface area (Å²) >= 11 is 1.59. The van der Waals surface area contributed by atoms with Crippen LogP contribution < -0.4 is 10.1 Å². The minimum Gasteiger partial charge on any atom is -0.481 e. The summed E-state index contributed by atoms with van der Waals surface area (Å²) in [5, 5.41) is 2.86. The lowest BCUT2D eigenvalue weighted by Gasteiger charge is -2.17. The van der Waals surface area contributed by atoms with E-state index in [0.717, 1.165) is 22.6 Å². The van der Waals surface area contributed by atoms with E-state index in [9.17, 15) is 9.18 Å². The first kappa shape index (κ1) is 19.3. The monoisotopic (exact) mass is 361 g/mol. The number of ether oxygens (including phenoxy) is 1. The molecule has 2 rings (SSSR count). The molecular weight excluding hydrogens is 337 g/mol. The Morgan fingerprint density at radius 3 is 2.72 bits per heavy atom. The quantitative estimate of drug-likeness (QED) is 0.714. The second-order valence-electron chi connectivity index (χ2n) is 5.89. The number of carbonyl (C=O) groups excluding carboxylic acids is 1. The standard InChI is InChI=1S/C20H24FNO2S/c1-14-7-6-10-19(15(14)2)24-16(3)20(23)22-11-12-25-13-17-8-4-5-9-18(17)21/h4-10,16H,11-13H2,1-3H3,(H,22,23). The Bertz CT molecular complexity index is 721. The van der Waals surface area contributed by atoms with Crippen LogP contribution in [0.5, 0.6) is 5.75 Å². The Kier molecular flexibility index (Phi) is 7.31. The maximum absolute atomic E-state index is 13.5. The summed E-state index contributed by atoms with van der Waals surface area (Å²) in [6.07, 6.45) is -0.558.